The highest BCUT2D eigenvalue weighted by Gasteiger charge is 2.25. The fraction of sp³-hybridized carbons (Fsp3) is 0.533. The molecule has 0 heterocycles. The van der Waals surface area contributed by atoms with E-state index in [1.54, 1.807) is 0 Å². The second-order valence-electron chi connectivity index (χ2n) is 5.11. The first-order valence-corrected chi connectivity index (χ1v) is 7.05. The fourth-order valence-electron chi connectivity index (χ4n) is 2.51. The summed E-state index contributed by atoms with van der Waals surface area (Å²) in [5.74, 6) is 0.549. The number of hydrogen-bond donors (Lipinski definition) is 1. The van der Waals surface area contributed by atoms with Gasteiger partial charge in [-0.1, -0.05) is 30.7 Å². The molecule has 3 heteroatoms. The highest BCUT2D eigenvalue weighted by Crippen LogP contribution is 2.29. The van der Waals surface area contributed by atoms with Crippen LogP contribution in [-0.4, -0.2) is 17.8 Å². The molecular weight excluding hydrogens is 246 g/mol. The Morgan fingerprint density at radius 2 is 2.17 bits per heavy atom. The van der Waals surface area contributed by atoms with Gasteiger partial charge in [-0.2, -0.15) is 0 Å². The average molecular weight is 266 g/mol. The van der Waals surface area contributed by atoms with E-state index in [1.165, 1.54) is 12.0 Å². The first-order valence-electron chi connectivity index (χ1n) is 6.62. The first-order chi connectivity index (χ1) is 8.66. The van der Waals surface area contributed by atoms with Crippen LogP contribution in [-0.2, 0) is 11.2 Å². The number of nitrogens with one attached hydrogen (secondary N) is 1. The first kappa shape index (κ1) is 13.4. The zero-order valence-corrected chi connectivity index (χ0v) is 11.5. The molecule has 1 amide bonds. The molecule has 2 unspecified atom stereocenters. The molecule has 18 heavy (non-hydrogen) atoms. The van der Waals surface area contributed by atoms with E-state index < -0.39 is 0 Å². The summed E-state index contributed by atoms with van der Waals surface area (Å²) in [6.45, 7) is 2.76. The molecule has 1 aliphatic rings. The monoisotopic (exact) mass is 265 g/mol. The molecule has 1 aromatic carbocycles. The maximum atomic E-state index is 11.9. The number of carbonyl (C=O) groups is 1. The Morgan fingerprint density at radius 3 is 2.83 bits per heavy atom. The van der Waals surface area contributed by atoms with Gasteiger partial charge in [-0.05, 0) is 36.8 Å². The molecular formula is C15H20ClNO. The molecule has 98 valence electrons. The molecule has 0 spiro atoms. The van der Waals surface area contributed by atoms with Crippen molar-refractivity contribution in [2.24, 2.45) is 5.92 Å². The van der Waals surface area contributed by atoms with E-state index >= 15 is 0 Å². The van der Waals surface area contributed by atoms with E-state index in [4.69, 9.17) is 11.6 Å². The third-order valence-corrected chi connectivity index (χ3v) is 4.31. The normalized spacial score (nSPS) is 23.0. The van der Waals surface area contributed by atoms with E-state index in [2.05, 4.69) is 5.32 Å². The predicted molar refractivity (Wildman–Crippen MR) is 74.9 cm³/mol. The molecule has 1 aliphatic carbocycles. The van der Waals surface area contributed by atoms with Crippen LogP contribution in [0.3, 0.4) is 0 Å². The van der Waals surface area contributed by atoms with Crippen molar-refractivity contribution in [1.29, 1.82) is 0 Å². The third kappa shape index (κ3) is 3.49. The van der Waals surface area contributed by atoms with Crippen molar-refractivity contribution in [1.82, 2.24) is 5.32 Å². The van der Waals surface area contributed by atoms with Crippen molar-refractivity contribution in [2.75, 3.05) is 6.54 Å². The number of aryl methyl sites for hydroxylation is 1. The van der Waals surface area contributed by atoms with Crippen LogP contribution in [0.2, 0.25) is 0 Å². The molecule has 0 radical (unpaired) electrons. The molecule has 0 aromatic heterocycles. The molecule has 1 N–H and O–H groups in total. The molecule has 1 fully saturated rings. The molecule has 2 rings (SSSR count). The lowest BCUT2D eigenvalue weighted by atomic mass is 10.0. The molecule has 0 bridgehead atoms. The van der Waals surface area contributed by atoms with Gasteiger partial charge in [0.1, 0.15) is 0 Å². The van der Waals surface area contributed by atoms with Crippen molar-refractivity contribution in [2.45, 2.75) is 38.0 Å². The molecule has 0 saturated heterocycles. The minimum absolute atomic E-state index is 0.0973. The largest absolute Gasteiger partial charge is 0.355 e. The smallest absolute Gasteiger partial charge is 0.224 e. The van der Waals surface area contributed by atoms with Gasteiger partial charge in [-0.25, -0.2) is 0 Å². The van der Waals surface area contributed by atoms with E-state index in [0.29, 0.717) is 12.3 Å². The fourth-order valence-corrected chi connectivity index (χ4v) is 2.88. The summed E-state index contributed by atoms with van der Waals surface area (Å²) in [5, 5.41) is 3.25. The lowest BCUT2D eigenvalue weighted by molar-refractivity contribution is -0.120. The Hall–Kier alpha value is -1.02. The minimum atomic E-state index is 0.0973. The maximum Gasteiger partial charge on any atom is 0.224 e. The number of benzene rings is 1. The second kappa shape index (κ2) is 6.24. The second-order valence-corrected chi connectivity index (χ2v) is 5.67. The number of carbonyl (C=O) groups excluding carboxylic acids is 1. The molecule has 1 saturated carbocycles. The summed E-state index contributed by atoms with van der Waals surface area (Å²) >= 11 is 6.20. The van der Waals surface area contributed by atoms with E-state index in [1.807, 2.05) is 31.2 Å². The van der Waals surface area contributed by atoms with Crippen LogP contribution in [0.5, 0.6) is 0 Å². The number of rotatable bonds is 4. The zero-order chi connectivity index (χ0) is 13.0. The van der Waals surface area contributed by atoms with Crippen LogP contribution >= 0.6 is 11.6 Å². The van der Waals surface area contributed by atoms with Crippen molar-refractivity contribution in [3.05, 3.63) is 35.4 Å². The van der Waals surface area contributed by atoms with Crippen LogP contribution in [0.15, 0.2) is 24.3 Å². The Balaban J connectivity index is 1.80. The number of alkyl halides is 1. The van der Waals surface area contributed by atoms with Crippen molar-refractivity contribution in [3.8, 4) is 0 Å². The van der Waals surface area contributed by atoms with Gasteiger partial charge in [0.2, 0.25) is 5.91 Å². The summed E-state index contributed by atoms with van der Waals surface area (Å²) in [7, 11) is 0. The van der Waals surface area contributed by atoms with Crippen molar-refractivity contribution in [3.63, 3.8) is 0 Å². The number of amides is 1. The third-order valence-electron chi connectivity index (χ3n) is 3.74. The zero-order valence-electron chi connectivity index (χ0n) is 10.8. The van der Waals surface area contributed by atoms with Crippen molar-refractivity contribution >= 4 is 17.5 Å². The minimum Gasteiger partial charge on any atom is -0.355 e. The molecule has 2 nitrogen and oxygen atoms in total. The van der Waals surface area contributed by atoms with Gasteiger partial charge in [0.15, 0.2) is 0 Å². The summed E-state index contributed by atoms with van der Waals surface area (Å²) in [4.78, 5) is 11.9. The molecule has 1 aromatic rings. The van der Waals surface area contributed by atoms with Crippen LogP contribution in [0.4, 0.5) is 0 Å². The summed E-state index contributed by atoms with van der Waals surface area (Å²) in [6.07, 6.45) is 3.87. The van der Waals surface area contributed by atoms with Gasteiger partial charge in [-0.3, -0.25) is 4.79 Å². The molecule has 2 atom stereocenters. The van der Waals surface area contributed by atoms with Gasteiger partial charge in [-0.15, -0.1) is 11.6 Å². The quantitative estimate of drug-likeness (QED) is 0.833. The maximum absolute atomic E-state index is 11.9. The Bertz CT molecular complexity index is 419. The standard InChI is InChI=1S/C15H20ClNO/c1-11-5-2-3-6-12(11)9-15(18)17-10-13-7-4-8-14(13)16/h2-3,5-6,13-14H,4,7-10H2,1H3,(H,17,18). The van der Waals surface area contributed by atoms with Crippen LogP contribution in [0.25, 0.3) is 0 Å². The molecule has 0 aliphatic heterocycles. The summed E-state index contributed by atoms with van der Waals surface area (Å²) in [6, 6.07) is 8.01. The summed E-state index contributed by atoms with van der Waals surface area (Å²) < 4.78 is 0. The average Bonchev–Trinajstić information content (AvgIpc) is 2.75. The number of hydrogen-bond acceptors (Lipinski definition) is 1. The topological polar surface area (TPSA) is 29.1 Å². The predicted octanol–water partition coefficient (Wildman–Crippen LogP) is 3.06. The van der Waals surface area contributed by atoms with Crippen LogP contribution < -0.4 is 5.32 Å². The highest BCUT2D eigenvalue weighted by molar-refractivity contribution is 6.20. The van der Waals surface area contributed by atoms with Gasteiger partial charge < -0.3 is 5.32 Å². The van der Waals surface area contributed by atoms with E-state index in [-0.39, 0.29) is 11.3 Å². The Kier molecular flexibility index (Phi) is 4.65. The Labute approximate surface area is 114 Å². The SMILES string of the molecule is Cc1ccccc1CC(=O)NCC1CCCC1Cl. The Morgan fingerprint density at radius 1 is 1.39 bits per heavy atom. The highest BCUT2D eigenvalue weighted by atomic mass is 35.5. The van der Waals surface area contributed by atoms with Gasteiger partial charge in [0.25, 0.3) is 0 Å². The summed E-state index contributed by atoms with van der Waals surface area (Å²) in [5.41, 5.74) is 2.27. The lowest BCUT2D eigenvalue weighted by Crippen LogP contribution is -2.32. The van der Waals surface area contributed by atoms with Crippen LogP contribution in [0, 0.1) is 12.8 Å². The van der Waals surface area contributed by atoms with Gasteiger partial charge in [0, 0.05) is 11.9 Å². The number of halogens is 1. The van der Waals surface area contributed by atoms with E-state index in [0.717, 1.165) is 24.9 Å². The lowest BCUT2D eigenvalue weighted by Gasteiger charge is -2.14. The van der Waals surface area contributed by atoms with Crippen LogP contribution in [0.1, 0.15) is 30.4 Å². The van der Waals surface area contributed by atoms with Crippen molar-refractivity contribution < 1.29 is 4.79 Å². The van der Waals surface area contributed by atoms with Gasteiger partial charge in [0.05, 0.1) is 6.42 Å². The van der Waals surface area contributed by atoms with Gasteiger partial charge >= 0.3 is 0 Å². The van der Waals surface area contributed by atoms with E-state index in [9.17, 15) is 4.79 Å².